The third-order valence-electron chi connectivity index (χ3n) is 4.11. The molecule has 0 aliphatic carbocycles. The highest BCUT2D eigenvalue weighted by Crippen LogP contribution is 2.28. The zero-order chi connectivity index (χ0) is 13.7. The van der Waals surface area contributed by atoms with Crippen LogP contribution in [0.2, 0.25) is 0 Å². The van der Waals surface area contributed by atoms with Crippen molar-refractivity contribution in [2.75, 3.05) is 24.5 Å². The Morgan fingerprint density at radius 1 is 1.16 bits per heavy atom. The molecule has 2 heteroatoms. The van der Waals surface area contributed by atoms with Crippen molar-refractivity contribution in [3.05, 3.63) is 29.8 Å². The first kappa shape index (κ1) is 14.4. The molecular weight excluding hydrogens is 232 g/mol. The molecule has 0 bridgehead atoms. The van der Waals surface area contributed by atoms with E-state index in [9.17, 15) is 0 Å². The maximum absolute atomic E-state index is 3.54. The summed E-state index contributed by atoms with van der Waals surface area (Å²) in [5.41, 5.74) is 2.78. The van der Waals surface area contributed by atoms with Crippen molar-refractivity contribution in [3.63, 3.8) is 0 Å². The molecule has 106 valence electrons. The maximum atomic E-state index is 3.54. The van der Waals surface area contributed by atoms with Crippen LogP contribution in [0.15, 0.2) is 24.3 Å². The van der Waals surface area contributed by atoms with Crippen LogP contribution in [-0.4, -0.2) is 19.6 Å². The van der Waals surface area contributed by atoms with Crippen LogP contribution >= 0.6 is 0 Å². The fraction of sp³-hybridized carbons (Fsp3) is 0.647. The van der Waals surface area contributed by atoms with E-state index >= 15 is 0 Å². The lowest BCUT2D eigenvalue weighted by Gasteiger charge is -2.41. The minimum absolute atomic E-state index is 0.457. The van der Waals surface area contributed by atoms with Crippen LogP contribution in [0, 0.1) is 5.92 Å². The lowest BCUT2D eigenvalue weighted by Crippen LogP contribution is -2.46. The number of hydrogen-bond donors (Lipinski definition) is 1. The minimum atomic E-state index is 0.457. The quantitative estimate of drug-likeness (QED) is 0.797. The fourth-order valence-corrected chi connectivity index (χ4v) is 2.82. The zero-order valence-electron chi connectivity index (χ0n) is 12.7. The van der Waals surface area contributed by atoms with Crippen LogP contribution in [0.3, 0.4) is 0 Å². The summed E-state index contributed by atoms with van der Waals surface area (Å²) >= 11 is 0. The van der Waals surface area contributed by atoms with Crippen molar-refractivity contribution in [2.45, 2.75) is 46.1 Å². The lowest BCUT2D eigenvalue weighted by molar-refractivity contribution is 0.380. The minimum Gasteiger partial charge on any atom is -0.371 e. The van der Waals surface area contributed by atoms with Crippen molar-refractivity contribution in [1.82, 2.24) is 5.32 Å². The van der Waals surface area contributed by atoms with Gasteiger partial charge in [-0.25, -0.2) is 0 Å². The van der Waals surface area contributed by atoms with E-state index in [1.807, 2.05) is 0 Å². The standard InChI is InChI=1S/C17H28N2/c1-4-6-15-12-19(13-15)17-9-7-16(8-10-17)14(3)18-11-5-2/h7-10,14-15,18H,4-6,11-13H2,1-3H3. The first-order chi connectivity index (χ1) is 9.24. The van der Waals surface area contributed by atoms with Crippen LogP contribution in [0.5, 0.6) is 0 Å². The van der Waals surface area contributed by atoms with E-state index < -0.39 is 0 Å². The van der Waals surface area contributed by atoms with Gasteiger partial charge in [-0.1, -0.05) is 32.4 Å². The fourth-order valence-electron chi connectivity index (χ4n) is 2.82. The molecule has 2 nitrogen and oxygen atoms in total. The Hall–Kier alpha value is -1.02. The van der Waals surface area contributed by atoms with Gasteiger partial charge in [0.25, 0.3) is 0 Å². The smallest absolute Gasteiger partial charge is 0.0366 e. The Morgan fingerprint density at radius 3 is 2.42 bits per heavy atom. The summed E-state index contributed by atoms with van der Waals surface area (Å²) in [4.78, 5) is 2.49. The SMILES string of the molecule is CCCNC(C)c1ccc(N2CC(CCC)C2)cc1. The number of hydrogen-bond acceptors (Lipinski definition) is 2. The Balaban J connectivity index is 1.85. The second-order valence-corrected chi connectivity index (χ2v) is 5.83. The van der Waals surface area contributed by atoms with Gasteiger partial charge in [0.2, 0.25) is 0 Å². The van der Waals surface area contributed by atoms with E-state index in [-0.39, 0.29) is 0 Å². The van der Waals surface area contributed by atoms with Gasteiger partial charge >= 0.3 is 0 Å². The predicted molar refractivity (Wildman–Crippen MR) is 83.8 cm³/mol. The van der Waals surface area contributed by atoms with Crippen molar-refractivity contribution in [2.24, 2.45) is 5.92 Å². The van der Waals surface area contributed by atoms with Crippen molar-refractivity contribution < 1.29 is 0 Å². The molecule has 0 amide bonds. The highest BCUT2D eigenvalue weighted by atomic mass is 15.2. The molecule has 1 N–H and O–H groups in total. The summed E-state index contributed by atoms with van der Waals surface area (Å²) in [6, 6.07) is 9.56. The van der Waals surface area contributed by atoms with E-state index in [2.05, 4.69) is 55.3 Å². The Morgan fingerprint density at radius 2 is 1.84 bits per heavy atom. The van der Waals surface area contributed by atoms with Crippen LogP contribution in [0.25, 0.3) is 0 Å². The molecule has 19 heavy (non-hydrogen) atoms. The second-order valence-electron chi connectivity index (χ2n) is 5.83. The molecule has 1 saturated heterocycles. The molecule has 0 saturated carbocycles. The molecule has 1 unspecified atom stereocenters. The van der Waals surface area contributed by atoms with E-state index in [0.29, 0.717) is 6.04 Å². The van der Waals surface area contributed by atoms with E-state index in [4.69, 9.17) is 0 Å². The molecule has 0 spiro atoms. The second kappa shape index (κ2) is 6.95. The normalized spacial score (nSPS) is 17.3. The maximum Gasteiger partial charge on any atom is 0.0366 e. The molecular formula is C17H28N2. The van der Waals surface area contributed by atoms with Gasteiger partial charge in [0.05, 0.1) is 0 Å². The Kier molecular flexibility index (Phi) is 5.26. The zero-order valence-corrected chi connectivity index (χ0v) is 12.7. The molecule has 0 radical (unpaired) electrons. The number of nitrogens with zero attached hydrogens (tertiary/aromatic N) is 1. The number of rotatable bonds is 7. The average molecular weight is 260 g/mol. The van der Waals surface area contributed by atoms with Gasteiger partial charge in [0.1, 0.15) is 0 Å². The van der Waals surface area contributed by atoms with E-state index in [1.165, 1.54) is 43.6 Å². The summed E-state index contributed by atoms with van der Waals surface area (Å²) in [5.74, 6) is 0.926. The predicted octanol–water partition coefficient (Wildman–Crippen LogP) is 3.98. The molecule has 1 atom stereocenters. The topological polar surface area (TPSA) is 15.3 Å². The molecule has 1 aromatic rings. The number of anilines is 1. The lowest BCUT2D eigenvalue weighted by atomic mass is 9.94. The van der Waals surface area contributed by atoms with Gasteiger partial charge in [-0.2, -0.15) is 0 Å². The van der Waals surface area contributed by atoms with Gasteiger partial charge in [-0.3, -0.25) is 0 Å². The summed E-state index contributed by atoms with van der Waals surface area (Å²) < 4.78 is 0. The largest absolute Gasteiger partial charge is 0.371 e. The van der Waals surface area contributed by atoms with Crippen molar-refractivity contribution >= 4 is 5.69 Å². The van der Waals surface area contributed by atoms with Gasteiger partial charge in [-0.05, 0) is 49.9 Å². The third-order valence-corrected chi connectivity index (χ3v) is 4.11. The van der Waals surface area contributed by atoms with Crippen molar-refractivity contribution in [3.8, 4) is 0 Å². The number of nitrogens with one attached hydrogen (secondary N) is 1. The molecule has 2 rings (SSSR count). The van der Waals surface area contributed by atoms with Crippen LogP contribution < -0.4 is 10.2 Å². The van der Waals surface area contributed by atoms with Crippen LogP contribution in [0.4, 0.5) is 5.69 Å². The summed E-state index contributed by atoms with van der Waals surface area (Å²) in [5, 5.41) is 3.54. The first-order valence-electron chi connectivity index (χ1n) is 7.82. The Bertz CT molecular complexity index is 365. The molecule has 0 aromatic heterocycles. The summed E-state index contributed by atoms with van der Waals surface area (Å²) in [6.45, 7) is 10.3. The first-order valence-corrected chi connectivity index (χ1v) is 7.82. The average Bonchev–Trinajstić information content (AvgIpc) is 2.40. The molecule has 1 aromatic carbocycles. The summed E-state index contributed by atoms with van der Waals surface area (Å²) in [7, 11) is 0. The highest BCUT2D eigenvalue weighted by molar-refractivity contribution is 5.50. The number of benzene rings is 1. The Labute approximate surface area is 118 Å². The monoisotopic (exact) mass is 260 g/mol. The van der Waals surface area contributed by atoms with Crippen LogP contribution in [0.1, 0.15) is 51.6 Å². The third kappa shape index (κ3) is 3.73. The highest BCUT2D eigenvalue weighted by Gasteiger charge is 2.25. The molecule has 1 heterocycles. The molecule has 1 aliphatic heterocycles. The van der Waals surface area contributed by atoms with E-state index in [1.54, 1.807) is 0 Å². The molecule has 1 aliphatic rings. The van der Waals surface area contributed by atoms with Crippen molar-refractivity contribution in [1.29, 1.82) is 0 Å². The van der Waals surface area contributed by atoms with E-state index in [0.717, 1.165) is 12.5 Å². The van der Waals surface area contributed by atoms with Gasteiger partial charge in [0.15, 0.2) is 0 Å². The van der Waals surface area contributed by atoms with Gasteiger partial charge in [0, 0.05) is 24.8 Å². The molecule has 1 fully saturated rings. The van der Waals surface area contributed by atoms with Gasteiger partial charge < -0.3 is 10.2 Å². The van der Waals surface area contributed by atoms with Gasteiger partial charge in [-0.15, -0.1) is 0 Å². The summed E-state index contributed by atoms with van der Waals surface area (Å²) in [6.07, 6.45) is 3.89. The van der Waals surface area contributed by atoms with Crippen LogP contribution in [-0.2, 0) is 0 Å².